The number of primary amides is 1. The first-order valence-electron chi connectivity index (χ1n) is 5.60. The summed E-state index contributed by atoms with van der Waals surface area (Å²) < 4.78 is 0. The van der Waals surface area contributed by atoms with Crippen LogP contribution in [0.2, 0.25) is 0 Å². The largest absolute Gasteiger partial charge is 0.365 e. The molecule has 0 radical (unpaired) electrons. The number of hydrogen-bond acceptors (Lipinski definition) is 2. The minimum absolute atomic E-state index is 0.314. The fourth-order valence-electron chi connectivity index (χ4n) is 1.88. The van der Waals surface area contributed by atoms with Crippen LogP contribution in [-0.2, 0) is 12.8 Å². The highest BCUT2D eigenvalue weighted by Gasteiger charge is 2.11. The van der Waals surface area contributed by atoms with Crippen LogP contribution in [0, 0.1) is 6.92 Å². The van der Waals surface area contributed by atoms with Crippen LogP contribution < -0.4 is 5.73 Å². The Morgan fingerprint density at radius 1 is 1.24 bits per heavy atom. The van der Waals surface area contributed by atoms with Gasteiger partial charge in [0.1, 0.15) is 0 Å². The molecule has 1 aromatic carbocycles. The van der Waals surface area contributed by atoms with Crippen LogP contribution in [-0.4, -0.2) is 5.91 Å². The number of benzene rings is 1. The summed E-state index contributed by atoms with van der Waals surface area (Å²) in [5.41, 5.74) is 7.73. The van der Waals surface area contributed by atoms with Crippen molar-refractivity contribution < 1.29 is 4.79 Å². The molecule has 0 bridgehead atoms. The predicted octanol–water partition coefficient (Wildman–Crippen LogP) is 2.94. The van der Waals surface area contributed by atoms with E-state index in [0.29, 0.717) is 4.88 Å². The van der Waals surface area contributed by atoms with E-state index in [-0.39, 0.29) is 5.91 Å². The molecule has 0 spiro atoms. The van der Waals surface area contributed by atoms with E-state index < -0.39 is 0 Å². The minimum Gasteiger partial charge on any atom is -0.365 e. The van der Waals surface area contributed by atoms with Crippen molar-refractivity contribution in [3.05, 3.63) is 57.3 Å². The van der Waals surface area contributed by atoms with Crippen LogP contribution in [0.3, 0.4) is 0 Å². The van der Waals surface area contributed by atoms with Gasteiger partial charge in [0.25, 0.3) is 5.91 Å². The highest BCUT2D eigenvalue weighted by molar-refractivity contribution is 7.14. The van der Waals surface area contributed by atoms with E-state index in [4.69, 9.17) is 5.73 Å². The number of carbonyl (C=O) groups is 1. The van der Waals surface area contributed by atoms with Crippen molar-refractivity contribution in [2.24, 2.45) is 5.73 Å². The van der Waals surface area contributed by atoms with Gasteiger partial charge >= 0.3 is 0 Å². The maximum absolute atomic E-state index is 11.3. The van der Waals surface area contributed by atoms with E-state index in [1.165, 1.54) is 16.9 Å². The summed E-state index contributed by atoms with van der Waals surface area (Å²) in [6, 6.07) is 12.3. The Hall–Kier alpha value is -1.61. The second-order valence-electron chi connectivity index (χ2n) is 4.06. The predicted molar refractivity (Wildman–Crippen MR) is 71.4 cm³/mol. The Bertz CT molecular complexity index is 516. The van der Waals surface area contributed by atoms with Crippen molar-refractivity contribution in [1.29, 1.82) is 0 Å². The summed E-state index contributed by atoms with van der Waals surface area (Å²) in [5, 5.41) is 0. The first kappa shape index (κ1) is 11.9. The van der Waals surface area contributed by atoms with Crippen molar-refractivity contribution in [1.82, 2.24) is 0 Å². The van der Waals surface area contributed by atoms with Crippen molar-refractivity contribution in [2.75, 3.05) is 0 Å². The van der Waals surface area contributed by atoms with E-state index in [2.05, 4.69) is 18.2 Å². The molecule has 0 saturated carbocycles. The third kappa shape index (κ3) is 2.94. The summed E-state index contributed by atoms with van der Waals surface area (Å²) in [5.74, 6) is -0.314. The molecule has 0 atom stereocenters. The molecule has 1 heterocycles. The molecule has 0 aliphatic heterocycles. The summed E-state index contributed by atoms with van der Waals surface area (Å²) in [7, 11) is 0. The maximum Gasteiger partial charge on any atom is 0.259 e. The number of amides is 1. The van der Waals surface area contributed by atoms with Gasteiger partial charge in [0, 0.05) is 4.88 Å². The smallest absolute Gasteiger partial charge is 0.259 e. The molecule has 88 valence electrons. The van der Waals surface area contributed by atoms with Crippen molar-refractivity contribution >= 4 is 17.2 Å². The topological polar surface area (TPSA) is 43.1 Å². The van der Waals surface area contributed by atoms with Gasteiger partial charge in [-0.3, -0.25) is 4.79 Å². The molecule has 1 amide bonds. The molecule has 2 nitrogen and oxygen atoms in total. The average Bonchev–Trinajstić information content (AvgIpc) is 2.69. The quantitative estimate of drug-likeness (QED) is 0.884. The Labute approximate surface area is 105 Å². The fraction of sp³-hybridized carbons (Fsp3) is 0.214. The molecule has 0 unspecified atom stereocenters. The Morgan fingerprint density at radius 3 is 2.59 bits per heavy atom. The highest BCUT2D eigenvalue weighted by Crippen LogP contribution is 2.22. The van der Waals surface area contributed by atoms with Gasteiger partial charge in [0.2, 0.25) is 0 Å². The first-order chi connectivity index (χ1) is 8.16. The third-order valence-corrected chi connectivity index (χ3v) is 3.79. The summed E-state index contributed by atoms with van der Waals surface area (Å²) >= 11 is 1.48. The lowest BCUT2D eigenvalue weighted by atomic mass is 10.0. The first-order valence-corrected chi connectivity index (χ1v) is 6.41. The van der Waals surface area contributed by atoms with Crippen LogP contribution in [0.5, 0.6) is 0 Å². The van der Waals surface area contributed by atoms with Crippen molar-refractivity contribution in [3.8, 4) is 0 Å². The molecule has 0 fully saturated rings. The normalized spacial score (nSPS) is 10.4. The Balaban J connectivity index is 2.11. The van der Waals surface area contributed by atoms with Crippen LogP contribution in [0.1, 0.15) is 25.7 Å². The monoisotopic (exact) mass is 245 g/mol. The van der Waals surface area contributed by atoms with Gasteiger partial charge in [0.15, 0.2) is 0 Å². The van der Waals surface area contributed by atoms with Gasteiger partial charge in [-0.05, 0) is 37.0 Å². The molecule has 0 aliphatic rings. The number of nitrogens with two attached hydrogens (primary N) is 1. The molecule has 0 aliphatic carbocycles. The SMILES string of the molecule is Cc1cc(CCc2ccccc2)c(C(N)=O)s1. The molecule has 2 rings (SSSR count). The van der Waals surface area contributed by atoms with Crippen LogP contribution in [0.25, 0.3) is 0 Å². The number of thiophene rings is 1. The molecule has 3 heteroatoms. The fourth-order valence-corrected chi connectivity index (χ4v) is 2.80. The zero-order valence-electron chi connectivity index (χ0n) is 9.77. The van der Waals surface area contributed by atoms with E-state index in [9.17, 15) is 4.79 Å². The minimum atomic E-state index is -0.314. The Kier molecular flexibility index (Phi) is 3.59. The van der Waals surface area contributed by atoms with Gasteiger partial charge in [-0.2, -0.15) is 0 Å². The van der Waals surface area contributed by atoms with Crippen molar-refractivity contribution in [2.45, 2.75) is 19.8 Å². The molecule has 0 saturated heterocycles. The van der Waals surface area contributed by atoms with Crippen LogP contribution >= 0.6 is 11.3 Å². The molecular weight excluding hydrogens is 230 g/mol. The van der Waals surface area contributed by atoms with Crippen molar-refractivity contribution in [3.63, 3.8) is 0 Å². The van der Waals surface area contributed by atoms with E-state index in [1.54, 1.807) is 0 Å². The second kappa shape index (κ2) is 5.15. The lowest BCUT2D eigenvalue weighted by Crippen LogP contribution is -2.11. The Morgan fingerprint density at radius 2 is 1.94 bits per heavy atom. The molecular formula is C14H15NOS. The molecule has 2 aromatic rings. The zero-order chi connectivity index (χ0) is 12.3. The third-order valence-electron chi connectivity index (χ3n) is 2.68. The highest BCUT2D eigenvalue weighted by atomic mass is 32.1. The molecule has 17 heavy (non-hydrogen) atoms. The second-order valence-corrected chi connectivity index (χ2v) is 5.32. The van der Waals surface area contributed by atoms with E-state index in [1.807, 2.05) is 25.1 Å². The van der Waals surface area contributed by atoms with Crippen LogP contribution in [0.4, 0.5) is 0 Å². The standard InChI is InChI=1S/C14H15NOS/c1-10-9-12(13(17-10)14(15)16)8-7-11-5-3-2-4-6-11/h2-6,9H,7-8H2,1H3,(H2,15,16). The summed E-state index contributed by atoms with van der Waals surface area (Å²) in [4.78, 5) is 13.1. The van der Waals surface area contributed by atoms with Gasteiger partial charge < -0.3 is 5.73 Å². The van der Waals surface area contributed by atoms with Gasteiger partial charge in [0.05, 0.1) is 4.88 Å². The molecule has 1 aromatic heterocycles. The summed E-state index contributed by atoms with van der Waals surface area (Å²) in [6.07, 6.45) is 1.81. The summed E-state index contributed by atoms with van der Waals surface area (Å²) in [6.45, 7) is 2.00. The number of rotatable bonds is 4. The van der Waals surface area contributed by atoms with E-state index in [0.717, 1.165) is 23.3 Å². The number of aryl methyl sites for hydroxylation is 3. The van der Waals surface area contributed by atoms with Gasteiger partial charge in [-0.15, -0.1) is 11.3 Å². The van der Waals surface area contributed by atoms with E-state index >= 15 is 0 Å². The molecule has 2 N–H and O–H groups in total. The van der Waals surface area contributed by atoms with Gasteiger partial charge in [-0.1, -0.05) is 30.3 Å². The maximum atomic E-state index is 11.3. The van der Waals surface area contributed by atoms with Gasteiger partial charge in [-0.25, -0.2) is 0 Å². The number of carbonyl (C=O) groups excluding carboxylic acids is 1. The lowest BCUT2D eigenvalue weighted by molar-refractivity contribution is 0.100. The zero-order valence-corrected chi connectivity index (χ0v) is 10.6. The lowest BCUT2D eigenvalue weighted by Gasteiger charge is -2.01. The average molecular weight is 245 g/mol. The number of hydrogen-bond donors (Lipinski definition) is 1. The van der Waals surface area contributed by atoms with Crippen LogP contribution in [0.15, 0.2) is 36.4 Å².